The first-order valence-corrected chi connectivity index (χ1v) is 6.37. The van der Waals surface area contributed by atoms with Crippen LogP contribution in [0.15, 0.2) is 60.7 Å². The molecular weight excluding hydrogens is 284 g/mol. The maximum absolute atomic E-state index is 12.3. The molecule has 2 aromatic carbocycles. The molecular formula is C16H14N2O4. The summed E-state index contributed by atoms with van der Waals surface area (Å²) >= 11 is 0. The summed E-state index contributed by atoms with van der Waals surface area (Å²) in [6, 6.07) is 12.0. The second-order valence-corrected chi connectivity index (χ2v) is 4.44. The van der Waals surface area contributed by atoms with E-state index in [1.54, 1.807) is 24.3 Å². The number of hydrogen-bond donors (Lipinski definition) is 3. The maximum atomic E-state index is 12.3. The third kappa shape index (κ3) is 3.63. The molecule has 0 atom stereocenters. The van der Waals surface area contributed by atoms with Crippen LogP contribution < -0.4 is 10.6 Å². The zero-order valence-corrected chi connectivity index (χ0v) is 11.5. The van der Waals surface area contributed by atoms with E-state index < -0.39 is 11.8 Å². The lowest BCUT2D eigenvalue weighted by atomic mass is 10.2. The third-order valence-corrected chi connectivity index (χ3v) is 2.83. The fourth-order valence-electron chi connectivity index (χ4n) is 1.83. The van der Waals surface area contributed by atoms with Crippen molar-refractivity contribution >= 4 is 23.2 Å². The predicted octanol–water partition coefficient (Wildman–Crippen LogP) is 1.80. The Morgan fingerprint density at radius 1 is 0.818 bits per heavy atom. The van der Waals surface area contributed by atoms with Gasteiger partial charge in [-0.25, -0.2) is 0 Å². The summed E-state index contributed by atoms with van der Waals surface area (Å²) in [6.07, 6.45) is 2.03. The van der Waals surface area contributed by atoms with Crippen LogP contribution in [0.5, 0.6) is 11.5 Å². The molecule has 2 amide bonds. The van der Waals surface area contributed by atoms with E-state index in [0.717, 1.165) is 12.2 Å². The molecule has 4 N–H and O–H groups in total. The predicted molar refractivity (Wildman–Crippen MR) is 81.7 cm³/mol. The molecule has 0 heterocycles. The minimum absolute atomic E-state index is 0.0644. The Morgan fingerprint density at radius 3 is 1.59 bits per heavy atom. The van der Waals surface area contributed by atoms with Gasteiger partial charge in [0.25, 0.3) is 5.91 Å². The topological polar surface area (TPSA) is 104 Å². The number of carbonyl (C=O) groups is 2. The van der Waals surface area contributed by atoms with E-state index >= 15 is 0 Å². The monoisotopic (exact) mass is 298 g/mol. The smallest absolute Gasteiger partial charge is 0.255 e. The Kier molecular flexibility index (Phi) is 4.43. The third-order valence-electron chi connectivity index (χ3n) is 2.83. The molecule has 0 bridgehead atoms. The van der Waals surface area contributed by atoms with E-state index in [2.05, 4.69) is 0 Å². The van der Waals surface area contributed by atoms with Crippen molar-refractivity contribution in [2.24, 2.45) is 5.73 Å². The molecule has 2 rings (SSSR count). The molecule has 0 spiro atoms. The highest BCUT2D eigenvalue weighted by atomic mass is 16.3. The minimum atomic E-state index is -0.732. The van der Waals surface area contributed by atoms with Gasteiger partial charge >= 0.3 is 0 Å². The summed E-state index contributed by atoms with van der Waals surface area (Å²) in [6.45, 7) is 0. The van der Waals surface area contributed by atoms with Gasteiger partial charge in [0, 0.05) is 23.5 Å². The van der Waals surface area contributed by atoms with Crippen molar-refractivity contribution in [3.05, 3.63) is 60.7 Å². The average Bonchev–Trinajstić information content (AvgIpc) is 2.49. The van der Waals surface area contributed by atoms with Gasteiger partial charge in [-0.1, -0.05) is 0 Å². The summed E-state index contributed by atoms with van der Waals surface area (Å²) < 4.78 is 0. The molecule has 0 aliphatic rings. The summed E-state index contributed by atoms with van der Waals surface area (Å²) in [5.74, 6) is -1.09. The van der Waals surface area contributed by atoms with Crippen molar-refractivity contribution in [3.8, 4) is 11.5 Å². The highest BCUT2D eigenvalue weighted by Gasteiger charge is 2.16. The number of nitrogens with two attached hydrogens (primary N) is 1. The number of benzene rings is 2. The summed E-state index contributed by atoms with van der Waals surface area (Å²) in [7, 11) is 0. The number of primary amides is 1. The molecule has 2 aromatic rings. The van der Waals surface area contributed by atoms with Crippen LogP contribution in [-0.4, -0.2) is 22.0 Å². The van der Waals surface area contributed by atoms with Crippen LogP contribution in [0, 0.1) is 0 Å². The molecule has 0 radical (unpaired) electrons. The highest BCUT2D eigenvalue weighted by Crippen LogP contribution is 2.28. The van der Waals surface area contributed by atoms with E-state index in [4.69, 9.17) is 5.73 Å². The van der Waals surface area contributed by atoms with Gasteiger partial charge in [-0.3, -0.25) is 14.5 Å². The maximum Gasteiger partial charge on any atom is 0.255 e. The molecule has 0 saturated carbocycles. The van der Waals surface area contributed by atoms with E-state index in [0.29, 0.717) is 11.4 Å². The first-order chi connectivity index (χ1) is 10.5. The molecule has 0 aromatic heterocycles. The molecule has 0 aliphatic carbocycles. The summed E-state index contributed by atoms with van der Waals surface area (Å²) in [4.78, 5) is 24.4. The van der Waals surface area contributed by atoms with Crippen LogP contribution in [-0.2, 0) is 9.59 Å². The number of hydrogen-bond acceptors (Lipinski definition) is 4. The quantitative estimate of drug-likeness (QED) is 0.749. The van der Waals surface area contributed by atoms with E-state index in [1.807, 2.05) is 0 Å². The van der Waals surface area contributed by atoms with Crippen LogP contribution >= 0.6 is 0 Å². The number of aromatic hydroxyl groups is 2. The zero-order chi connectivity index (χ0) is 16.1. The number of rotatable bonds is 4. The van der Waals surface area contributed by atoms with Gasteiger partial charge in [-0.15, -0.1) is 0 Å². The molecule has 6 nitrogen and oxygen atoms in total. The fraction of sp³-hybridized carbons (Fsp3) is 0. The lowest BCUT2D eigenvalue weighted by Gasteiger charge is -2.21. The Morgan fingerprint density at radius 2 is 1.23 bits per heavy atom. The van der Waals surface area contributed by atoms with Crippen LogP contribution in [0.2, 0.25) is 0 Å². The van der Waals surface area contributed by atoms with Gasteiger partial charge in [0.15, 0.2) is 0 Å². The van der Waals surface area contributed by atoms with Crippen molar-refractivity contribution in [2.45, 2.75) is 0 Å². The number of carbonyl (C=O) groups excluding carboxylic acids is 2. The Labute approximate surface area is 126 Å². The molecule has 22 heavy (non-hydrogen) atoms. The van der Waals surface area contributed by atoms with Gasteiger partial charge in [0.05, 0.1) is 0 Å². The molecule has 0 fully saturated rings. The lowest BCUT2D eigenvalue weighted by molar-refractivity contribution is -0.115. The van der Waals surface area contributed by atoms with Crippen molar-refractivity contribution in [1.82, 2.24) is 0 Å². The summed E-state index contributed by atoms with van der Waals surface area (Å²) in [5.41, 5.74) is 5.97. The van der Waals surface area contributed by atoms with E-state index in [9.17, 15) is 19.8 Å². The number of amides is 2. The SMILES string of the molecule is NC(=O)/C=C/C(=O)N(c1ccc(O)cc1)c1ccc(O)cc1. The Hall–Kier alpha value is -3.28. The first-order valence-electron chi connectivity index (χ1n) is 6.37. The molecule has 6 heteroatoms. The Bertz CT molecular complexity index is 660. The largest absolute Gasteiger partial charge is 0.508 e. The van der Waals surface area contributed by atoms with Gasteiger partial charge in [-0.05, 0) is 48.5 Å². The van der Waals surface area contributed by atoms with E-state index in [-0.39, 0.29) is 11.5 Å². The van der Waals surface area contributed by atoms with Gasteiger partial charge in [0.1, 0.15) is 11.5 Å². The van der Waals surface area contributed by atoms with Gasteiger partial charge in [-0.2, -0.15) is 0 Å². The van der Waals surface area contributed by atoms with Crippen molar-refractivity contribution in [3.63, 3.8) is 0 Å². The van der Waals surface area contributed by atoms with Crippen LogP contribution in [0.4, 0.5) is 11.4 Å². The van der Waals surface area contributed by atoms with Crippen LogP contribution in [0.25, 0.3) is 0 Å². The van der Waals surface area contributed by atoms with Gasteiger partial charge < -0.3 is 15.9 Å². The van der Waals surface area contributed by atoms with Crippen molar-refractivity contribution in [1.29, 1.82) is 0 Å². The Balaban J connectivity index is 2.44. The standard InChI is InChI=1S/C16H14N2O4/c17-15(21)9-10-16(22)18(11-1-5-13(19)6-2-11)12-3-7-14(20)8-4-12/h1-10,19-20H,(H2,17,21)/b10-9+. The second-order valence-electron chi connectivity index (χ2n) is 4.44. The zero-order valence-electron chi connectivity index (χ0n) is 11.5. The number of anilines is 2. The number of phenolic OH excluding ortho intramolecular Hbond substituents is 2. The van der Waals surface area contributed by atoms with Gasteiger partial charge in [0.2, 0.25) is 5.91 Å². The average molecular weight is 298 g/mol. The van der Waals surface area contributed by atoms with Crippen molar-refractivity contribution < 1.29 is 19.8 Å². The lowest BCUT2D eigenvalue weighted by Crippen LogP contribution is -2.24. The van der Waals surface area contributed by atoms with E-state index in [1.165, 1.54) is 29.2 Å². The second kappa shape index (κ2) is 6.45. The molecule has 112 valence electrons. The highest BCUT2D eigenvalue weighted by molar-refractivity contribution is 6.09. The number of phenols is 2. The summed E-state index contributed by atoms with van der Waals surface area (Å²) in [5, 5.41) is 18.7. The normalized spacial score (nSPS) is 10.5. The minimum Gasteiger partial charge on any atom is -0.508 e. The van der Waals surface area contributed by atoms with Crippen molar-refractivity contribution in [2.75, 3.05) is 4.90 Å². The first kappa shape index (κ1) is 15.1. The molecule has 0 aliphatic heterocycles. The fourth-order valence-corrected chi connectivity index (χ4v) is 1.83. The number of nitrogens with zero attached hydrogens (tertiary/aromatic N) is 1. The molecule has 0 unspecified atom stereocenters. The van der Waals surface area contributed by atoms with Crippen LogP contribution in [0.3, 0.4) is 0 Å². The van der Waals surface area contributed by atoms with Crippen LogP contribution in [0.1, 0.15) is 0 Å². The molecule has 0 saturated heterocycles.